The minimum atomic E-state index is -0.842. The highest BCUT2D eigenvalue weighted by Gasteiger charge is 2.15. The summed E-state index contributed by atoms with van der Waals surface area (Å²) in [7, 11) is 0. The zero-order valence-electron chi connectivity index (χ0n) is 9.95. The number of fused-ring (bicyclic) bond motifs is 1. The molecule has 5 nitrogen and oxygen atoms in total. The molecule has 0 fully saturated rings. The minimum Gasteiger partial charge on any atom is -0.409 e. The van der Waals surface area contributed by atoms with Crippen LogP contribution in [0.2, 0.25) is 0 Å². The second-order valence-corrected chi connectivity index (χ2v) is 4.15. The van der Waals surface area contributed by atoms with E-state index >= 15 is 0 Å². The summed E-state index contributed by atoms with van der Waals surface area (Å²) in [6, 6.07) is 12.9. The largest absolute Gasteiger partial charge is 0.438 e. The molecule has 0 aliphatic carbocycles. The van der Waals surface area contributed by atoms with Crippen LogP contribution in [0, 0.1) is 4.91 Å². The van der Waals surface area contributed by atoms with E-state index in [4.69, 9.17) is 16.3 Å². The summed E-state index contributed by atoms with van der Waals surface area (Å²) in [6.45, 7) is 0.0114. The Morgan fingerprint density at radius 1 is 1.21 bits per heavy atom. The zero-order chi connectivity index (χ0) is 13.7. The SMILES string of the molecule is O=NN(CCCl)C(=O)Oc1ccc2ccccc2c1. The number of halogens is 1. The van der Waals surface area contributed by atoms with E-state index in [0.717, 1.165) is 10.8 Å². The lowest BCUT2D eigenvalue weighted by Crippen LogP contribution is -2.30. The van der Waals surface area contributed by atoms with Crippen molar-refractivity contribution >= 4 is 28.5 Å². The van der Waals surface area contributed by atoms with Crippen molar-refractivity contribution < 1.29 is 9.53 Å². The van der Waals surface area contributed by atoms with Crippen LogP contribution in [-0.2, 0) is 0 Å². The first-order valence-electron chi connectivity index (χ1n) is 5.62. The highest BCUT2D eigenvalue weighted by atomic mass is 35.5. The third kappa shape index (κ3) is 3.20. The molecule has 0 spiro atoms. The van der Waals surface area contributed by atoms with Crippen LogP contribution in [0.3, 0.4) is 0 Å². The van der Waals surface area contributed by atoms with Crippen LogP contribution in [0.25, 0.3) is 10.8 Å². The van der Waals surface area contributed by atoms with Gasteiger partial charge in [-0.25, -0.2) is 4.79 Å². The summed E-state index contributed by atoms with van der Waals surface area (Å²) in [4.78, 5) is 22.1. The van der Waals surface area contributed by atoms with Gasteiger partial charge in [0.05, 0.1) is 11.8 Å². The molecule has 0 N–H and O–H groups in total. The summed E-state index contributed by atoms with van der Waals surface area (Å²) >= 11 is 5.45. The van der Waals surface area contributed by atoms with Gasteiger partial charge < -0.3 is 4.74 Å². The molecule has 1 amide bonds. The van der Waals surface area contributed by atoms with Crippen molar-refractivity contribution in [2.24, 2.45) is 5.29 Å². The molecule has 6 heteroatoms. The first kappa shape index (κ1) is 13.3. The fraction of sp³-hybridized carbons (Fsp3) is 0.154. The van der Waals surface area contributed by atoms with E-state index in [1.165, 1.54) is 0 Å². The van der Waals surface area contributed by atoms with Crippen LogP contribution in [0.5, 0.6) is 5.75 Å². The minimum absolute atomic E-state index is 0.0114. The van der Waals surface area contributed by atoms with Crippen LogP contribution in [0.15, 0.2) is 47.8 Å². The molecule has 0 atom stereocenters. The number of hydrogen-bond acceptors (Lipinski definition) is 4. The molecule has 0 unspecified atom stereocenters. The van der Waals surface area contributed by atoms with E-state index in [1.807, 2.05) is 30.3 Å². The molecule has 0 bridgehead atoms. The standard InChI is InChI=1S/C13H11ClN2O3/c14-7-8-16(15-18)13(17)19-12-6-5-10-3-1-2-4-11(10)9-12/h1-6,9H,7-8H2. The smallest absolute Gasteiger partial charge is 0.409 e. The summed E-state index contributed by atoms with van der Waals surface area (Å²) in [5.41, 5.74) is 0. The molecule has 2 aromatic rings. The van der Waals surface area contributed by atoms with Crippen molar-refractivity contribution in [1.82, 2.24) is 5.01 Å². The summed E-state index contributed by atoms with van der Waals surface area (Å²) in [6.07, 6.45) is -0.842. The maximum atomic E-state index is 11.6. The van der Waals surface area contributed by atoms with E-state index in [9.17, 15) is 9.70 Å². The Morgan fingerprint density at radius 2 is 1.95 bits per heavy atom. The van der Waals surface area contributed by atoms with E-state index < -0.39 is 6.09 Å². The highest BCUT2D eigenvalue weighted by molar-refractivity contribution is 6.18. The van der Waals surface area contributed by atoms with Gasteiger partial charge in [0, 0.05) is 5.88 Å². The van der Waals surface area contributed by atoms with Crippen LogP contribution >= 0.6 is 11.6 Å². The maximum absolute atomic E-state index is 11.6. The number of alkyl halides is 1. The Bertz CT molecular complexity index is 603. The van der Waals surface area contributed by atoms with Gasteiger partial charge in [-0.1, -0.05) is 30.3 Å². The molecule has 0 heterocycles. The summed E-state index contributed by atoms with van der Waals surface area (Å²) < 4.78 is 5.06. The van der Waals surface area contributed by atoms with Gasteiger partial charge >= 0.3 is 6.09 Å². The predicted octanol–water partition coefficient (Wildman–Crippen LogP) is 3.56. The topological polar surface area (TPSA) is 59.0 Å². The number of ether oxygens (including phenoxy) is 1. The third-order valence-corrected chi connectivity index (χ3v) is 2.70. The lowest BCUT2D eigenvalue weighted by molar-refractivity contribution is 0.156. The number of carbonyl (C=O) groups is 1. The average molecular weight is 279 g/mol. The van der Waals surface area contributed by atoms with Crippen molar-refractivity contribution in [2.75, 3.05) is 12.4 Å². The Balaban J connectivity index is 2.16. The number of amides is 1. The van der Waals surface area contributed by atoms with Gasteiger partial charge in [0.15, 0.2) is 0 Å². The number of hydrogen-bond donors (Lipinski definition) is 0. The van der Waals surface area contributed by atoms with Crippen LogP contribution < -0.4 is 4.74 Å². The molecule has 0 saturated carbocycles. The molecule has 98 valence electrons. The molecule has 0 aliphatic heterocycles. The van der Waals surface area contributed by atoms with Gasteiger partial charge in [-0.3, -0.25) is 0 Å². The van der Waals surface area contributed by atoms with Gasteiger partial charge in [0.1, 0.15) is 5.75 Å². The van der Waals surface area contributed by atoms with E-state index in [2.05, 4.69) is 5.29 Å². The molecule has 0 aliphatic rings. The molecule has 2 rings (SSSR count). The number of carbonyl (C=O) groups excluding carboxylic acids is 1. The lowest BCUT2D eigenvalue weighted by Gasteiger charge is -2.11. The Hall–Kier alpha value is -2.14. The fourth-order valence-electron chi connectivity index (χ4n) is 1.63. The predicted molar refractivity (Wildman–Crippen MR) is 73.2 cm³/mol. The Labute approximate surface area is 114 Å². The van der Waals surface area contributed by atoms with Crippen LogP contribution in [-0.4, -0.2) is 23.5 Å². The van der Waals surface area contributed by atoms with Gasteiger partial charge in [0.25, 0.3) is 0 Å². The monoisotopic (exact) mass is 278 g/mol. The number of nitrogens with zero attached hydrogens (tertiary/aromatic N) is 2. The highest BCUT2D eigenvalue weighted by Crippen LogP contribution is 2.21. The fourth-order valence-corrected chi connectivity index (χ4v) is 1.79. The van der Waals surface area contributed by atoms with Crippen molar-refractivity contribution in [3.05, 3.63) is 47.4 Å². The zero-order valence-corrected chi connectivity index (χ0v) is 10.7. The van der Waals surface area contributed by atoms with Crippen molar-refractivity contribution in [2.45, 2.75) is 0 Å². The van der Waals surface area contributed by atoms with E-state index in [1.54, 1.807) is 12.1 Å². The van der Waals surface area contributed by atoms with Gasteiger partial charge in [0.2, 0.25) is 0 Å². The molecule has 0 saturated heterocycles. The van der Waals surface area contributed by atoms with E-state index in [-0.39, 0.29) is 12.4 Å². The third-order valence-electron chi connectivity index (χ3n) is 2.53. The van der Waals surface area contributed by atoms with Crippen molar-refractivity contribution in [1.29, 1.82) is 0 Å². The van der Waals surface area contributed by atoms with Gasteiger partial charge in [-0.05, 0) is 22.9 Å². The number of benzene rings is 2. The average Bonchev–Trinajstić information content (AvgIpc) is 2.44. The second-order valence-electron chi connectivity index (χ2n) is 3.77. The summed E-state index contributed by atoms with van der Waals surface area (Å²) in [5.74, 6) is 0.463. The summed E-state index contributed by atoms with van der Waals surface area (Å²) in [5, 5.41) is 5.18. The number of rotatable bonds is 4. The molecule has 0 aromatic heterocycles. The van der Waals surface area contributed by atoms with Crippen LogP contribution in [0.4, 0.5) is 4.79 Å². The first-order chi connectivity index (χ1) is 9.24. The molecule has 0 radical (unpaired) electrons. The molecular weight excluding hydrogens is 268 g/mol. The normalized spacial score (nSPS) is 10.2. The second kappa shape index (κ2) is 6.15. The molecular formula is C13H11ClN2O3. The number of nitroso groups, excluding NO2 is 1. The van der Waals surface area contributed by atoms with Crippen molar-refractivity contribution in [3.63, 3.8) is 0 Å². The maximum Gasteiger partial charge on any atom is 0.438 e. The first-order valence-corrected chi connectivity index (χ1v) is 6.15. The van der Waals surface area contributed by atoms with E-state index in [0.29, 0.717) is 10.8 Å². The van der Waals surface area contributed by atoms with Gasteiger partial charge in [-0.15, -0.1) is 16.5 Å². The van der Waals surface area contributed by atoms with Crippen LogP contribution in [0.1, 0.15) is 0 Å². The van der Waals surface area contributed by atoms with Crippen molar-refractivity contribution in [3.8, 4) is 5.75 Å². The lowest BCUT2D eigenvalue weighted by atomic mass is 10.1. The van der Waals surface area contributed by atoms with Gasteiger partial charge in [-0.2, -0.15) is 5.01 Å². The molecule has 19 heavy (non-hydrogen) atoms. The Kier molecular flexibility index (Phi) is 4.30. The quantitative estimate of drug-likeness (QED) is 0.488. The molecule has 2 aromatic carbocycles. The Morgan fingerprint density at radius 3 is 2.63 bits per heavy atom.